The predicted molar refractivity (Wildman–Crippen MR) is 93.8 cm³/mol. The zero-order valence-corrected chi connectivity index (χ0v) is 14.9. The van der Waals surface area contributed by atoms with E-state index in [0.717, 1.165) is 10.0 Å². The average molecular weight is 379 g/mol. The minimum Gasteiger partial charge on any atom is -0.468 e. The molecule has 1 aromatic carbocycles. The molecule has 1 aromatic heterocycles. The third-order valence-corrected chi connectivity index (χ3v) is 4.16. The van der Waals surface area contributed by atoms with Crippen LogP contribution in [0.5, 0.6) is 5.95 Å². The van der Waals surface area contributed by atoms with Crippen molar-refractivity contribution in [1.82, 2.24) is 0 Å². The number of benzene rings is 1. The third-order valence-electron chi connectivity index (χ3n) is 3.63. The first-order chi connectivity index (χ1) is 10.9. The molecule has 1 N–H and O–H groups in total. The van der Waals surface area contributed by atoms with E-state index < -0.39 is 6.10 Å². The molecular weight excluding hydrogens is 360 g/mol. The van der Waals surface area contributed by atoms with Crippen LogP contribution in [0.25, 0.3) is 6.08 Å². The highest BCUT2D eigenvalue weighted by atomic mass is 79.9. The van der Waals surface area contributed by atoms with Crippen LogP contribution >= 0.6 is 15.9 Å². The number of aliphatic hydroxyl groups excluding tert-OH is 1. The molecule has 0 bridgehead atoms. The smallest absolute Gasteiger partial charge is 0.291 e. The Balaban J connectivity index is 2.16. The molecule has 23 heavy (non-hydrogen) atoms. The molecule has 0 aliphatic heterocycles. The summed E-state index contributed by atoms with van der Waals surface area (Å²) in [6, 6.07) is 7.50. The van der Waals surface area contributed by atoms with Gasteiger partial charge in [-0.1, -0.05) is 34.1 Å². The molecule has 0 radical (unpaired) electrons. The van der Waals surface area contributed by atoms with Crippen LogP contribution in [0.3, 0.4) is 0 Å². The van der Waals surface area contributed by atoms with E-state index in [9.17, 15) is 9.90 Å². The second-order valence-electron chi connectivity index (χ2n) is 5.24. The minimum atomic E-state index is -0.612. The van der Waals surface area contributed by atoms with Crippen molar-refractivity contribution in [3.63, 3.8) is 0 Å². The van der Waals surface area contributed by atoms with Gasteiger partial charge in [0.1, 0.15) is 5.76 Å². The van der Waals surface area contributed by atoms with Gasteiger partial charge in [0.15, 0.2) is 5.43 Å². The molecule has 2 rings (SSSR count). The van der Waals surface area contributed by atoms with Crippen LogP contribution in [-0.2, 0) is 0 Å². The molecule has 0 aliphatic carbocycles. The topological polar surface area (TPSA) is 59.7 Å². The van der Waals surface area contributed by atoms with Crippen molar-refractivity contribution in [2.45, 2.75) is 26.4 Å². The van der Waals surface area contributed by atoms with Crippen molar-refractivity contribution in [3.05, 3.63) is 67.5 Å². The van der Waals surface area contributed by atoms with Crippen LogP contribution in [0.2, 0.25) is 0 Å². The molecule has 2 aromatic rings. The first kappa shape index (κ1) is 17.5. The van der Waals surface area contributed by atoms with E-state index >= 15 is 0 Å². The standard InChI is InChI=1S/C18H19BrO4/c1-11-16(23-18(22-3)12(2)17(11)21)6-4-5-15(20)13-7-9-14(19)10-8-13/h4,6-10,15,20H,5H2,1-3H3/b6-4+. The van der Waals surface area contributed by atoms with Gasteiger partial charge in [0.2, 0.25) is 0 Å². The Morgan fingerprint density at radius 1 is 1.26 bits per heavy atom. The largest absolute Gasteiger partial charge is 0.468 e. The average Bonchev–Trinajstić information content (AvgIpc) is 2.55. The van der Waals surface area contributed by atoms with Gasteiger partial charge in [0.05, 0.1) is 18.8 Å². The highest BCUT2D eigenvalue weighted by molar-refractivity contribution is 9.10. The Labute approximate surface area is 143 Å². The summed E-state index contributed by atoms with van der Waals surface area (Å²) >= 11 is 3.36. The molecule has 0 saturated carbocycles. The van der Waals surface area contributed by atoms with E-state index in [1.807, 2.05) is 24.3 Å². The van der Waals surface area contributed by atoms with E-state index in [1.165, 1.54) is 7.11 Å². The fourth-order valence-electron chi connectivity index (χ4n) is 2.22. The van der Waals surface area contributed by atoms with Gasteiger partial charge >= 0.3 is 0 Å². The van der Waals surface area contributed by atoms with Gasteiger partial charge < -0.3 is 14.3 Å². The van der Waals surface area contributed by atoms with Gasteiger partial charge in [0.25, 0.3) is 5.95 Å². The van der Waals surface area contributed by atoms with Crippen LogP contribution in [0, 0.1) is 13.8 Å². The molecule has 0 saturated heterocycles. The first-order valence-electron chi connectivity index (χ1n) is 7.22. The molecule has 122 valence electrons. The number of aliphatic hydroxyl groups is 1. The summed E-state index contributed by atoms with van der Waals surface area (Å²) in [6.45, 7) is 3.38. The maximum absolute atomic E-state index is 12.1. The van der Waals surface area contributed by atoms with Crippen LogP contribution in [-0.4, -0.2) is 12.2 Å². The molecule has 1 atom stereocenters. The van der Waals surface area contributed by atoms with Gasteiger partial charge in [-0.05, 0) is 44.0 Å². The number of hydrogen-bond acceptors (Lipinski definition) is 4. The van der Waals surface area contributed by atoms with E-state index in [-0.39, 0.29) is 11.4 Å². The Hall–Kier alpha value is -1.85. The van der Waals surface area contributed by atoms with Crippen LogP contribution in [0.1, 0.15) is 35.0 Å². The zero-order valence-electron chi connectivity index (χ0n) is 13.3. The van der Waals surface area contributed by atoms with Crippen molar-refractivity contribution >= 4 is 22.0 Å². The fraction of sp³-hybridized carbons (Fsp3) is 0.278. The summed E-state index contributed by atoms with van der Waals surface area (Å²) in [6.07, 6.45) is 3.29. The Morgan fingerprint density at radius 2 is 1.91 bits per heavy atom. The van der Waals surface area contributed by atoms with Crippen molar-refractivity contribution in [2.24, 2.45) is 0 Å². The van der Waals surface area contributed by atoms with Gasteiger partial charge in [-0.15, -0.1) is 0 Å². The first-order valence-corrected chi connectivity index (χ1v) is 8.01. The fourth-order valence-corrected chi connectivity index (χ4v) is 2.48. The molecule has 1 heterocycles. The van der Waals surface area contributed by atoms with Crippen LogP contribution in [0.15, 0.2) is 44.0 Å². The highest BCUT2D eigenvalue weighted by Crippen LogP contribution is 2.22. The van der Waals surface area contributed by atoms with Gasteiger partial charge in [0, 0.05) is 10.0 Å². The quantitative estimate of drug-likeness (QED) is 0.848. The van der Waals surface area contributed by atoms with E-state index in [4.69, 9.17) is 9.15 Å². The summed E-state index contributed by atoms with van der Waals surface area (Å²) in [7, 11) is 1.46. The van der Waals surface area contributed by atoms with Gasteiger partial charge in [-0.25, -0.2) is 0 Å². The molecule has 0 aliphatic rings. The number of halogens is 1. The Bertz CT molecular complexity index is 760. The van der Waals surface area contributed by atoms with Crippen LogP contribution < -0.4 is 10.2 Å². The number of rotatable bonds is 5. The predicted octanol–water partition coefficient (Wildman–Crippen LogP) is 4.16. The zero-order chi connectivity index (χ0) is 17.0. The summed E-state index contributed by atoms with van der Waals surface area (Å²) in [5, 5.41) is 10.2. The lowest BCUT2D eigenvalue weighted by atomic mass is 10.1. The van der Waals surface area contributed by atoms with E-state index in [1.54, 1.807) is 26.0 Å². The van der Waals surface area contributed by atoms with Crippen molar-refractivity contribution in [1.29, 1.82) is 0 Å². The SMILES string of the molecule is COc1oc(/C=C/CC(O)c2ccc(Br)cc2)c(C)c(=O)c1C. The molecule has 0 amide bonds. The Kier molecular flexibility index (Phi) is 5.80. The summed E-state index contributed by atoms with van der Waals surface area (Å²) < 4.78 is 11.6. The van der Waals surface area contributed by atoms with Crippen molar-refractivity contribution < 1.29 is 14.3 Å². The summed E-state index contributed by atoms with van der Waals surface area (Å²) in [4.78, 5) is 12.1. The maximum Gasteiger partial charge on any atom is 0.291 e. The number of ether oxygens (including phenoxy) is 1. The third kappa shape index (κ3) is 4.12. The van der Waals surface area contributed by atoms with Gasteiger partial charge in [-0.3, -0.25) is 4.79 Å². The Morgan fingerprint density at radius 3 is 2.52 bits per heavy atom. The van der Waals surface area contributed by atoms with Gasteiger partial charge in [-0.2, -0.15) is 0 Å². The normalized spacial score (nSPS) is 12.6. The molecule has 0 fully saturated rings. The lowest BCUT2D eigenvalue weighted by molar-refractivity contribution is 0.181. The second-order valence-corrected chi connectivity index (χ2v) is 6.16. The monoisotopic (exact) mass is 378 g/mol. The molecule has 0 spiro atoms. The lowest BCUT2D eigenvalue weighted by Gasteiger charge is -2.09. The van der Waals surface area contributed by atoms with Crippen molar-refractivity contribution in [2.75, 3.05) is 7.11 Å². The lowest BCUT2D eigenvalue weighted by Crippen LogP contribution is -2.11. The maximum atomic E-state index is 12.1. The highest BCUT2D eigenvalue weighted by Gasteiger charge is 2.12. The van der Waals surface area contributed by atoms with Crippen molar-refractivity contribution in [3.8, 4) is 5.95 Å². The summed E-state index contributed by atoms with van der Waals surface area (Å²) in [5.74, 6) is 0.661. The molecular formula is C18H19BrO4. The van der Waals surface area contributed by atoms with E-state index in [0.29, 0.717) is 23.3 Å². The summed E-state index contributed by atoms with van der Waals surface area (Å²) in [5.41, 5.74) is 1.72. The second kappa shape index (κ2) is 7.62. The van der Waals surface area contributed by atoms with Crippen LogP contribution in [0.4, 0.5) is 0 Å². The molecule has 4 nitrogen and oxygen atoms in total. The number of methoxy groups -OCH3 is 1. The van der Waals surface area contributed by atoms with E-state index in [2.05, 4.69) is 15.9 Å². The molecule has 5 heteroatoms. The minimum absolute atomic E-state index is 0.0961. The molecule has 1 unspecified atom stereocenters. The number of hydrogen-bond donors (Lipinski definition) is 1.